The fraction of sp³-hybridized carbons (Fsp3) is 0.0667. The average molecular weight is 301 g/mol. The van der Waals surface area contributed by atoms with Crippen LogP contribution in [0.1, 0.15) is 11.3 Å². The molecule has 2 heterocycles. The fourth-order valence-electron chi connectivity index (χ4n) is 2.00. The number of hydrogen-bond donors (Lipinski definition) is 1. The normalized spacial score (nSPS) is 10.7. The highest BCUT2D eigenvalue weighted by Gasteiger charge is 2.07. The third-order valence-corrected chi connectivity index (χ3v) is 3.23. The molecule has 0 unspecified atom stereocenters. The summed E-state index contributed by atoms with van der Waals surface area (Å²) in [6, 6.07) is 10.1. The second kappa shape index (κ2) is 5.49. The van der Waals surface area contributed by atoms with Crippen molar-refractivity contribution < 1.29 is 9.13 Å². The molecule has 0 saturated carbocycles. The Labute approximate surface area is 126 Å². The Bertz CT molecular complexity index is 783. The van der Waals surface area contributed by atoms with Crippen molar-refractivity contribution in [3.05, 3.63) is 65.9 Å². The third-order valence-electron chi connectivity index (χ3n) is 3.01. The Morgan fingerprint density at radius 3 is 2.90 bits per heavy atom. The molecule has 0 bridgehead atoms. The maximum Gasteiger partial charge on any atom is 0.137 e. The van der Waals surface area contributed by atoms with Crippen LogP contribution in [0.25, 0.3) is 5.65 Å². The summed E-state index contributed by atoms with van der Waals surface area (Å²) in [5.74, 6) is -0.0837. The monoisotopic (exact) mass is 301 g/mol. The first-order chi connectivity index (χ1) is 10.1. The maximum absolute atomic E-state index is 13.7. The van der Waals surface area contributed by atoms with E-state index >= 15 is 0 Å². The van der Waals surface area contributed by atoms with Crippen molar-refractivity contribution in [1.82, 2.24) is 9.38 Å². The number of hydrogen-bond acceptors (Lipinski definition) is 3. The van der Waals surface area contributed by atoms with Gasteiger partial charge >= 0.3 is 0 Å². The summed E-state index contributed by atoms with van der Waals surface area (Å²) in [7, 11) is 0. The average Bonchev–Trinajstić information content (AvgIpc) is 2.87. The second-order valence-corrected chi connectivity index (χ2v) is 4.93. The van der Waals surface area contributed by atoms with Gasteiger partial charge in [0.05, 0.1) is 5.69 Å². The van der Waals surface area contributed by atoms with Crippen molar-refractivity contribution in [2.75, 3.05) is 0 Å². The van der Waals surface area contributed by atoms with Gasteiger partial charge < -0.3 is 14.9 Å². The van der Waals surface area contributed by atoms with E-state index < -0.39 is 5.82 Å². The van der Waals surface area contributed by atoms with Crippen LogP contribution in [0.3, 0.4) is 0 Å². The molecule has 1 aromatic carbocycles. The lowest BCUT2D eigenvalue weighted by Gasteiger charge is -2.06. The van der Waals surface area contributed by atoms with Gasteiger partial charge in [-0.05, 0) is 24.3 Å². The Kier molecular flexibility index (Phi) is 3.53. The molecule has 0 aliphatic carbocycles. The van der Waals surface area contributed by atoms with E-state index in [0.717, 1.165) is 11.3 Å². The molecule has 2 N–H and O–H groups in total. The minimum absolute atomic E-state index is 0.0272. The summed E-state index contributed by atoms with van der Waals surface area (Å²) in [4.78, 5) is 4.43. The number of rotatable bonds is 4. The van der Waals surface area contributed by atoms with Gasteiger partial charge in [-0.15, -0.1) is 0 Å². The van der Waals surface area contributed by atoms with Crippen LogP contribution in [0.5, 0.6) is 5.75 Å². The molecule has 0 fully saturated rings. The Morgan fingerprint density at radius 2 is 2.19 bits per heavy atom. The first-order valence-electron chi connectivity index (χ1n) is 6.28. The molecule has 0 amide bonds. The summed E-state index contributed by atoms with van der Waals surface area (Å²) < 4.78 is 21.2. The number of nitrogens with two attached hydrogens (primary N) is 1. The molecule has 2 aromatic heterocycles. The largest absolute Gasteiger partial charge is 0.487 e. The van der Waals surface area contributed by atoms with Crippen LogP contribution in [0, 0.1) is 5.82 Å². The maximum atomic E-state index is 13.7. The quantitative estimate of drug-likeness (QED) is 0.753. The lowest BCUT2D eigenvalue weighted by molar-refractivity contribution is 0.300. The minimum atomic E-state index is -0.491. The van der Waals surface area contributed by atoms with Crippen LogP contribution >= 0.6 is 12.2 Å². The number of fused-ring (bicyclic) bond motifs is 1. The van der Waals surface area contributed by atoms with Gasteiger partial charge in [-0.25, -0.2) is 9.37 Å². The van der Waals surface area contributed by atoms with Crippen molar-refractivity contribution in [2.45, 2.75) is 6.61 Å². The van der Waals surface area contributed by atoms with Gasteiger partial charge in [0.2, 0.25) is 0 Å². The lowest BCUT2D eigenvalue weighted by Crippen LogP contribution is -2.11. The van der Waals surface area contributed by atoms with Gasteiger partial charge in [0.1, 0.15) is 28.8 Å². The number of ether oxygens (including phenoxy) is 1. The smallest absolute Gasteiger partial charge is 0.137 e. The van der Waals surface area contributed by atoms with Crippen molar-refractivity contribution >= 4 is 22.9 Å². The molecule has 21 heavy (non-hydrogen) atoms. The van der Waals surface area contributed by atoms with Gasteiger partial charge in [0, 0.05) is 24.0 Å². The highest BCUT2D eigenvalue weighted by Crippen LogP contribution is 2.18. The fourth-order valence-corrected chi connectivity index (χ4v) is 2.16. The molecule has 0 aliphatic rings. The molecule has 6 heteroatoms. The SMILES string of the molecule is NC(=S)c1ccc(OCc2cn3ccccc3n2)cc1F. The second-order valence-electron chi connectivity index (χ2n) is 4.49. The van der Waals surface area contributed by atoms with E-state index in [2.05, 4.69) is 4.98 Å². The van der Waals surface area contributed by atoms with E-state index in [-0.39, 0.29) is 17.2 Å². The van der Waals surface area contributed by atoms with Crippen molar-refractivity contribution in [1.29, 1.82) is 0 Å². The molecule has 106 valence electrons. The highest BCUT2D eigenvalue weighted by atomic mass is 32.1. The molecule has 0 saturated heterocycles. The Morgan fingerprint density at radius 1 is 1.33 bits per heavy atom. The zero-order chi connectivity index (χ0) is 14.8. The Hall–Kier alpha value is -2.47. The molecule has 0 radical (unpaired) electrons. The summed E-state index contributed by atoms with van der Waals surface area (Å²) in [5.41, 5.74) is 7.23. The highest BCUT2D eigenvalue weighted by molar-refractivity contribution is 7.80. The molecule has 4 nitrogen and oxygen atoms in total. The predicted molar refractivity (Wildman–Crippen MR) is 81.8 cm³/mol. The third kappa shape index (κ3) is 2.85. The van der Waals surface area contributed by atoms with Gasteiger partial charge in [0.15, 0.2) is 0 Å². The van der Waals surface area contributed by atoms with Gasteiger partial charge in [-0.1, -0.05) is 18.3 Å². The molecule has 0 aliphatic heterocycles. The first kappa shape index (κ1) is 13.5. The van der Waals surface area contributed by atoms with Crippen LogP contribution in [0.4, 0.5) is 4.39 Å². The Balaban J connectivity index is 1.75. The number of aromatic nitrogens is 2. The van der Waals surface area contributed by atoms with E-state index in [1.165, 1.54) is 12.1 Å². The van der Waals surface area contributed by atoms with Gasteiger partial charge in [-0.3, -0.25) is 0 Å². The van der Waals surface area contributed by atoms with Gasteiger partial charge in [-0.2, -0.15) is 0 Å². The van der Waals surface area contributed by atoms with Crippen molar-refractivity contribution in [2.24, 2.45) is 5.73 Å². The van der Waals surface area contributed by atoms with Crippen LogP contribution in [0.15, 0.2) is 48.8 Å². The number of pyridine rings is 1. The molecule has 3 aromatic rings. The van der Waals surface area contributed by atoms with Crippen molar-refractivity contribution in [3.8, 4) is 5.75 Å². The topological polar surface area (TPSA) is 52.5 Å². The molecule has 0 atom stereocenters. The standard InChI is InChI=1S/C15H12FN3OS/c16-13-7-11(4-5-12(13)15(17)21)20-9-10-8-19-6-2-1-3-14(19)18-10/h1-8H,9H2,(H2,17,21). The number of halogens is 1. The zero-order valence-corrected chi connectivity index (χ0v) is 11.8. The molecular formula is C15H12FN3OS. The molecule has 3 rings (SSSR count). The van der Waals surface area contributed by atoms with E-state index in [0.29, 0.717) is 5.75 Å². The van der Waals surface area contributed by atoms with E-state index in [1.807, 2.05) is 35.0 Å². The van der Waals surface area contributed by atoms with Crippen LogP contribution < -0.4 is 10.5 Å². The predicted octanol–water partition coefficient (Wildman–Crippen LogP) is 2.69. The summed E-state index contributed by atoms with van der Waals surface area (Å²) >= 11 is 4.76. The summed E-state index contributed by atoms with van der Waals surface area (Å²) in [6.45, 7) is 0.257. The van der Waals surface area contributed by atoms with Crippen LogP contribution in [-0.4, -0.2) is 14.4 Å². The molecule has 0 spiro atoms. The summed E-state index contributed by atoms with van der Waals surface area (Å²) in [6.07, 6.45) is 3.78. The number of thiocarbonyl (C=S) groups is 1. The number of imidazole rings is 1. The lowest BCUT2D eigenvalue weighted by atomic mass is 10.2. The van der Waals surface area contributed by atoms with Crippen LogP contribution in [-0.2, 0) is 6.61 Å². The zero-order valence-electron chi connectivity index (χ0n) is 11.0. The minimum Gasteiger partial charge on any atom is -0.487 e. The summed E-state index contributed by atoms with van der Waals surface area (Å²) in [5, 5.41) is 0. The van der Waals surface area contributed by atoms with E-state index in [9.17, 15) is 4.39 Å². The van der Waals surface area contributed by atoms with Gasteiger partial charge in [0.25, 0.3) is 0 Å². The van der Waals surface area contributed by atoms with Crippen LogP contribution in [0.2, 0.25) is 0 Å². The number of benzene rings is 1. The number of nitrogens with zero attached hydrogens (tertiary/aromatic N) is 2. The van der Waals surface area contributed by atoms with Crippen molar-refractivity contribution in [3.63, 3.8) is 0 Å². The first-order valence-corrected chi connectivity index (χ1v) is 6.69. The van der Waals surface area contributed by atoms with E-state index in [4.69, 9.17) is 22.7 Å². The molecular weight excluding hydrogens is 289 g/mol. The van der Waals surface area contributed by atoms with E-state index in [1.54, 1.807) is 6.07 Å².